The lowest BCUT2D eigenvalue weighted by Gasteiger charge is -2.06. The van der Waals surface area contributed by atoms with Gasteiger partial charge in [0.25, 0.3) is 11.4 Å². The van der Waals surface area contributed by atoms with Crippen LogP contribution in [0.25, 0.3) is 11.4 Å². The second-order valence-corrected chi connectivity index (χ2v) is 5.80. The number of para-hydroxylation sites is 1. The molecule has 146 valence electrons. The topological polar surface area (TPSA) is 109 Å². The number of carbonyl (C=O) groups is 1. The van der Waals surface area contributed by atoms with E-state index in [1.54, 1.807) is 0 Å². The number of aromatic nitrogens is 4. The number of benzene rings is 1. The van der Waals surface area contributed by atoms with Crippen LogP contribution < -0.4 is 10.3 Å². The Morgan fingerprint density at radius 2 is 2.00 bits per heavy atom. The Kier molecular flexibility index (Phi) is 6.15. The molecule has 2 heterocycles. The summed E-state index contributed by atoms with van der Waals surface area (Å²) in [4.78, 5) is 28.1. The van der Waals surface area contributed by atoms with E-state index in [1.807, 2.05) is 38.1 Å². The number of carbonyl (C=O) groups excluding carboxylic acids is 1. The van der Waals surface area contributed by atoms with Crippen LogP contribution in [0.15, 0.2) is 45.7 Å². The summed E-state index contributed by atoms with van der Waals surface area (Å²) >= 11 is 0. The van der Waals surface area contributed by atoms with E-state index in [1.165, 1.54) is 16.8 Å². The van der Waals surface area contributed by atoms with Crippen molar-refractivity contribution in [2.75, 3.05) is 6.61 Å². The van der Waals surface area contributed by atoms with Gasteiger partial charge in [-0.15, -0.1) is 0 Å². The van der Waals surface area contributed by atoms with Gasteiger partial charge in [0.05, 0.1) is 12.2 Å². The van der Waals surface area contributed by atoms with Gasteiger partial charge < -0.3 is 14.0 Å². The molecular formula is C19H20N4O5. The lowest BCUT2D eigenvalue weighted by atomic mass is 10.2. The van der Waals surface area contributed by atoms with Crippen LogP contribution in [-0.2, 0) is 17.9 Å². The van der Waals surface area contributed by atoms with E-state index in [-0.39, 0.29) is 23.8 Å². The molecule has 9 heteroatoms. The molecule has 0 fully saturated rings. The van der Waals surface area contributed by atoms with Gasteiger partial charge in [-0.1, -0.05) is 24.2 Å². The van der Waals surface area contributed by atoms with Gasteiger partial charge in [-0.05, 0) is 31.5 Å². The first-order valence-corrected chi connectivity index (χ1v) is 8.92. The molecule has 1 aromatic carbocycles. The summed E-state index contributed by atoms with van der Waals surface area (Å²) in [5, 5.41) is 7.92. The Morgan fingerprint density at radius 1 is 1.18 bits per heavy atom. The van der Waals surface area contributed by atoms with Crippen LogP contribution in [0.3, 0.4) is 0 Å². The van der Waals surface area contributed by atoms with Crippen LogP contribution in [0.1, 0.15) is 36.6 Å². The number of aryl methyl sites for hydroxylation is 1. The molecule has 28 heavy (non-hydrogen) atoms. The summed E-state index contributed by atoms with van der Waals surface area (Å²) < 4.78 is 17.1. The maximum Gasteiger partial charge on any atom is 0.359 e. The van der Waals surface area contributed by atoms with Gasteiger partial charge in [0.15, 0.2) is 12.3 Å². The zero-order valence-electron chi connectivity index (χ0n) is 15.6. The maximum atomic E-state index is 12.2. The molecule has 9 nitrogen and oxygen atoms in total. The van der Waals surface area contributed by atoms with Gasteiger partial charge in [0.1, 0.15) is 5.75 Å². The highest BCUT2D eigenvalue weighted by Crippen LogP contribution is 2.27. The Morgan fingerprint density at radius 3 is 2.79 bits per heavy atom. The quantitative estimate of drug-likeness (QED) is 0.545. The van der Waals surface area contributed by atoms with Crippen molar-refractivity contribution in [2.45, 2.75) is 33.4 Å². The predicted molar refractivity (Wildman–Crippen MR) is 98.8 cm³/mol. The molecular weight excluding hydrogens is 364 g/mol. The first kappa shape index (κ1) is 19.3. The zero-order valence-corrected chi connectivity index (χ0v) is 15.6. The highest BCUT2D eigenvalue weighted by atomic mass is 16.6. The first-order chi connectivity index (χ1) is 13.6. The lowest BCUT2D eigenvalue weighted by Crippen LogP contribution is -2.24. The fraction of sp³-hybridized carbons (Fsp3) is 0.316. The highest BCUT2D eigenvalue weighted by Gasteiger charge is 2.16. The molecule has 3 rings (SSSR count). The van der Waals surface area contributed by atoms with Gasteiger partial charge in [0, 0.05) is 12.6 Å². The zero-order chi connectivity index (χ0) is 19.9. The van der Waals surface area contributed by atoms with Gasteiger partial charge in [-0.25, -0.2) is 9.48 Å². The molecule has 0 spiro atoms. The molecule has 0 saturated heterocycles. The molecule has 0 aliphatic heterocycles. The number of hydrogen-bond donors (Lipinski definition) is 0. The second kappa shape index (κ2) is 8.94. The Hall–Kier alpha value is -3.49. The van der Waals surface area contributed by atoms with E-state index in [0.717, 1.165) is 6.42 Å². The molecule has 3 aromatic rings. The van der Waals surface area contributed by atoms with E-state index >= 15 is 0 Å². The summed E-state index contributed by atoms with van der Waals surface area (Å²) in [7, 11) is 0. The summed E-state index contributed by atoms with van der Waals surface area (Å²) in [6, 6.07) is 9.93. The SMILES string of the molecule is CCCn1nc(C(=O)OCc2nc(-c3ccccc3OCC)no2)ccc1=O. The highest BCUT2D eigenvalue weighted by molar-refractivity contribution is 5.86. The molecule has 0 aliphatic rings. The molecule has 0 unspecified atom stereocenters. The first-order valence-electron chi connectivity index (χ1n) is 8.92. The maximum absolute atomic E-state index is 12.2. The largest absolute Gasteiger partial charge is 0.493 e. The molecule has 0 amide bonds. The number of esters is 1. The summed E-state index contributed by atoms with van der Waals surface area (Å²) in [6.45, 7) is 4.52. The van der Waals surface area contributed by atoms with Gasteiger partial charge in [-0.3, -0.25) is 4.79 Å². The van der Waals surface area contributed by atoms with E-state index in [4.69, 9.17) is 14.0 Å². The normalized spacial score (nSPS) is 10.6. The van der Waals surface area contributed by atoms with Crippen molar-refractivity contribution < 1.29 is 18.8 Å². The third kappa shape index (κ3) is 4.43. The second-order valence-electron chi connectivity index (χ2n) is 5.80. The van der Waals surface area contributed by atoms with Gasteiger partial charge >= 0.3 is 5.97 Å². The minimum absolute atomic E-state index is 0.0366. The van der Waals surface area contributed by atoms with Crippen LogP contribution in [0, 0.1) is 0 Å². The molecule has 0 aliphatic carbocycles. The number of nitrogens with zero attached hydrogens (tertiary/aromatic N) is 4. The van der Waals surface area contributed by atoms with Crippen molar-refractivity contribution >= 4 is 5.97 Å². The number of rotatable bonds is 8. The van der Waals surface area contributed by atoms with E-state index in [2.05, 4.69) is 15.2 Å². The van der Waals surface area contributed by atoms with Crippen molar-refractivity contribution in [3.63, 3.8) is 0 Å². The van der Waals surface area contributed by atoms with Crippen LogP contribution in [0.5, 0.6) is 5.75 Å². The number of ether oxygens (including phenoxy) is 2. The average molecular weight is 384 g/mol. The van der Waals surface area contributed by atoms with E-state index < -0.39 is 5.97 Å². The van der Waals surface area contributed by atoms with Crippen molar-refractivity contribution in [3.05, 3.63) is 58.3 Å². The smallest absolute Gasteiger partial charge is 0.359 e. The van der Waals surface area contributed by atoms with Crippen LogP contribution >= 0.6 is 0 Å². The predicted octanol–water partition coefficient (Wildman–Crippen LogP) is 2.46. The minimum Gasteiger partial charge on any atom is -0.493 e. The van der Waals surface area contributed by atoms with Gasteiger partial charge in [0.2, 0.25) is 5.82 Å². The fourth-order valence-electron chi connectivity index (χ4n) is 2.49. The molecule has 2 aromatic heterocycles. The Labute approximate surface area is 160 Å². The van der Waals surface area contributed by atoms with Crippen molar-refractivity contribution in [2.24, 2.45) is 0 Å². The molecule has 0 saturated carbocycles. The molecule has 0 atom stereocenters. The summed E-state index contributed by atoms with van der Waals surface area (Å²) in [6.07, 6.45) is 0.722. The molecule has 0 bridgehead atoms. The van der Waals surface area contributed by atoms with Crippen molar-refractivity contribution in [3.8, 4) is 17.1 Å². The third-order valence-corrected chi connectivity index (χ3v) is 3.73. The standard InChI is InChI=1S/C19H20N4O5/c1-3-11-23-17(24)10-9-14(21-23)19(25)27-12-16-20-18(22-28-16)13-7-5-6-8-15(13)26-4-2/h5-10H,3-4,11-12H2,1-2H3. The van der Waals surface area contributed by atoms with Crippen LogP contribution in [0.2, 0.25) is 0 Å². The summed E-state index contributed by atoms with van der Waals surface area (Å²) in [5.41, 5.74) is 0.446. The molecule has 0 radical (unpaired) electrons. The lowest BCUT2D eigenvalue weighted by molar-refractivity contribution is 0.0419. The van der Waals surface area contributed by atoms with Crippen LogP contribution in [-0.4, -0.2) is 32.5 Å². The Balaban J connectivity index is 1.69. The summed E-state index contributed by atoms with van der Waals surface area (Å²) in [5.74, 6) is 0.428. The Bertz CT molecular complexity index is 1010. The fourth-order valence-corrected chi connectivity index (χ4v) is 2.49. The van der Waals surface area contributed by atoms with Crippen LogP contribution in [0.4, 0.5) is 0 Å². The number of hydrogen-bond acceptors (Lipinski definition) is 8. The third-order valence-electron chi connectivity index (χ3n) is 3.73. The molecule has 0 N–H and O–H groups in total. The monoisotopic (exact) mass is 384 g/mol. The van der Waals surface area contributed by atoms with Crippen molar-refractivity contribution in [1.29, 1.82) is 0 Å². The van der Waals surface area contributed by atoms with Gasteiger partial charge in [-0.2, -0.15) is 10.1 Å². The minimum atomic E-state index is -0.681. The van der Waals surface area contributed by atoms with E-state index in [0.29, 0.717) is 30.3 Å². The average Bonchev–Trinajstić information content (AvgIpc) is 3.17. The van der Waals surface area contributed by atoms with E-state index in [9.17, 15) is 9.59 Å². The van der Waals surface area contributed by atoms with Crippen molar-refractivity contribution in [1.82, 2.24) is 19.9 Å².